The van der Waals surface area contributed by atoms with Crippen LogP contribution >= 0.6 is 0 Å². The van der Waals surface area contributed by atoms with Crippen molar-refractivity contribution in [3.8, 4) is 0 Å². The van der Waals surface area contributed by atoms with Gasteiger partial charge in [0, 0.05) is 24.8 Å². The summed E-state index contributed by atoms with van der Waals surface area (Å²) in [6.07, 6.45) is 0.220. The lowest BCUT2D eigenvalue weighted by Gasteiger charge is -2.24. The first kappa shape index (κ1) is 19.3. The van der Waals surface area contributed by atoms with E-state index in [1.54, 1.807) is 20.8 Å². The predicted molar refractivity (Wildman–Crippen MR) is 86.4 cm³/mol. The Balaban J connectivity index is 2.49. The molecular formula is C17H28N2O4. The van der Waals surface area contributed by atoms with Gasteiger partial charge in [0.1, 0.15) is 0 Å². The lowest BCUT2D eigenvalue weighted by Crippen LogP contribution is -2.39. The van der Waals surface area contributed by atoms with E-state index in [-0.39, 0.29) is 60.8 Å². The minimum Gasteiger partial charge on any atom is -0.349 e. The highest BCUT2D eigenvalue weighted by Gasteiger charge is 2.44. The van der Waals surface area contributed by atoms with Crippen LogP contribution in [0.3, 0.4) is 0 Å². The van der Waals surface area contributed by atoms with Gasteiger partial charge in [-0.25, -0.2) is 0 Å². The summed E-state index contributed by atoms with van der Waals surface area (Å²) in [6.45, 7) is 11.2. The molecule has 0 aromatic heterocycles. The summed E-state index contributed by atoms with van der Waals surface area (Å²) >= 11 is 0. The number of nitrogens with one attached hydrogen (secondary N) is 1. The number of hydrogen-bond donors (Lipinski definition) is 1. The van der Waals surface area contributed by atoms with Crippen molar-refractivity contribution < 1.29 is 19.2 Å². The summed E-state index contributed by atoms with van der Waals surface area (Å²) < 4.78 is 0. The maximum atomic E-state index is 12.3. The number of imide groups is 1. The molecule has 0 bridgehead atoms. The zero-order valence-corrected chi connectivity index (χ0v) is 15.0. The maximum absolute atomic E-state index is 12.3. The first-order valence-electron chi connectivity index (χ1n) is 7.98. The fraction of sp³-hybridized carbons (Fsp3) is 0.765. The van der Waals surface area contributed by atoms with Gasteiger partial charge in [0.25, 0.3) is 0 Å². The zero-order valence-electron chi connectivity index (χ0n) is 15.0. The number of rotatable bonds is 5. The average molecular weight is 324 g/mol. The normalized spacial score (nSPS) is 19.2. The first-order chi connectivity index (χ1) is 10.3. The topological polar surface area (TPSA) is 83.6 Å². The summed E-state index contributed by atoms with van der Waals surface area (Å²) in [5, 5.41) is 2.55. The zero-order chi connectivity index (χ0) is 18.0. The van der Waals surface area contributed by atoms with E-state index in [0.29, 0.717) is 0 Å². The number of carbonyl (C=O) groups excluding carboxylic acids is 4. The largest absolute Gasteiger partial charge is 0.349 e. The molecule has 0 aromatic carbocycles. The van der Waals surface area contributed by atoms with E-state index >= 15 is 0 Å². The number of ketones is 1. The lowest BCUT2D eigenvalue weighted by atomic mass is 9.80. The molecular weight excluding hydrogens is 296 g/mol. The molecule has 6 nitrogen and oxygen atoms in total. The highest BCUT2D eigenvalue weighted by Crippen LogP contribution is 2.35. The smallest absolute Gasteiger partial charge is 0.233 e. The highest BCUT2D eigenvalue weighted by atomic mass is 16.2. The molecule has 23 heavy (non-hydrogen) atoms. The van der Waals surface area contributed by atoms with E-state index < -0.39 is 5.41 Å². The van der Waals surface area contributed by atoms with Crippen molar-refractivity contribution in [2.75, 3.05) is 13.1 Å². The van der Waals surface area contributed by atoms with Crippen LogP contribution in [0.1, 0.15) is 54.4 Å². The molecule has 1 aliphatic heterocycles. The summed E-state index contributed by atoms with van der Waals surface area (Å²) in [6, 6.07) is 0. The van der Waals surface area contributed by atoms with Gasteiger partial charge in [-0.15, -0.1) is 0 Å². The van der Waals surface area contributed by atoms with E-state index in [1.165, 1.54) is 4.90 Å². The molecule has 0 spiro atoms. The Bertz CT molecular complexity index is 512. The molecule has 1 atom stereocenters. The quantitative estimate of drug-likeness (QED) is 0.777. The van der Waals surface area contributed by atoms with Crippen LogP contribution in [-0.2, 0) is 19.2 Å². The van der Waals surface area contributed by atoms with Crippen LogP contribution in [0.5, 0.6) is 0 Å². The van der Waals surface area contributed by atoms with Gasteiger partial charge in [-0.2, -0.15) is 0 Å². The number of likely N-dealkylation sites (tertiary alicyclic amines) is 1. The van der Waals surface area contributed by atoms with Crippen LogP contribution in [0.4, 0.5) is 0 Å². The van der Waals surface area contributed by atoms with Gasteiger partial charge in [-0.1, -0.05) is 41.5 Å². The minimum atomic E-state index is -0.506. The number of Topliss-reactive ketones (excluding diaryl/α,β-unsaturated/α-hetero) is 1. The Morgan fingerprint density at radius 1 is 1.13 bits per heavy atom. The van der Waals surface area contributed by atoms with Crippen molar-refractivity contribution in [3.05, 3.63) is 0 Å². The van der Waals surface area contributed by atoms with Crippen LogP contribution in [0.25, 0.3) is 0 Å². The fourth-order valence-corrected chi connectivity index (χ4v) is 2.34. The molecule has 1 aliphatic rings. The third-order valence-electron chi connectivity index (χ3n) is 4.13. The Kier molecular flexibility index (Phi) is 5.72. The van der Waals surface area contributed by atoms with Crippen LogP contribution in [-0.4, -0.2) is 41.5 Å². The second-order valence-corrected chi connectivity index (χ2v) is 8.21. The summed E-state index contributed by atoms with van der Waals surface area (Å²) in [4.78, 5) is 49.0. The van der Waals surface area contributed by atoms with E-state index in [9.17, 15) is 19.2 Å². The average Bonchev–Trinajstić information content (AvgIpc) is 2.67. The Hall–Kier alpha value is -1.72. The fourth-order valence-electron chi connectivity index (χ4n) is 2.34. The molecule has 3 amide bonds. The predicted octanol–water partition coefficient (Wildman–Crippen LogP) is 1.53. The van der Waals surface area contributed by atoms with Gasteiger partial charge in [0.2, 0.25) is 17.7 Å². The van der Waals surface area contributed by atoms with Gasteiger partial charge < -0.3 is 5.32 Å². The summed E-state index contributed by atoms with van der Waals surface area (Å²) in [7, 11) is 0. The Labute approximate surface area is 138 Å². The SMILES string of the molecule is CC(C)(C)C(=O)CNC(=O)CCN1C(=O)CC(C(C)(C)C)C1=O. The first-order valence-corrected chi connectivity index (χ1v) is 7.98. The van der Waals surface area contributed by atoms with Gasteiger partial charge in [0.05, 0.1) is 12.5 Å². The highest BCUT2D eigenvalue weighted by molar-refractivity contribution is 6.04. The molecule has 1 heterocycles. The van der Waals surface area contributed by atoms with E-state index in [2.05, 4.69) is 5.32 Å². The second kappa shape index (κ2) is 6.81. The summed E-state index contributed by atoms with van der Waals surface area (Å²) in [5.41, 5.74) is -0.781. The Morgan fingerprint density at radius 3 is 2.13 bits per heavy atom. The lowest BCUT2D eigenvalue weighted by molar-refractivity contribution is -0.140. The van der Waals surface area contributed by atoms with Crippen molar-refractivity contribution in [1.29, 1.82) is 0 Å². The van der Waals surface area contributed by atoms with Gasteiger partial charge in [0.15, 0.2) is 5.78 Å². The van der Waals surface area contributed by atoms with Crippen molar-refractivity contribution in [2.45, 2.75) is 54.4 Å². The second-order valence-electron chi connectivity index (χ2n) is 8.21. The molecule has 1 N–H and O–H groups in total. The molecule has 1 rings (SSSR count). The number of nitrogens with zero attached hydrogens (tertiary/aromatic N) is 1. The van der Waals surface area contributed by atoms with Crippen LogP contribution in [0.15, 0.2) is 0 Å². The van der Waals surface area contributed by atoms with Crippen LogP contribution < -0.4 is 5.32 Å². The van der Waals surface area contributed by atoms with Crippen LogP contribution in [0, 0.1) is 16.7 Å². The number of amides is 3. The molecule has 1 fully saturated rings. The number of carbonyl (C=O) groups is 4. The molecule has 6 heteroatoms. The van der Waals surface area contributed by atoms with E-state index in [0.717, 1.165) is 0 Å². The van der Waals surface area contributed by atoms with Crippen molar-refractivity contribution in [2.24, 2.45) is 16.7 Å². The minimum absolute atomic E-state index is 0.0196. The molecule has 1 saturated heterocycles. The van der Waals surface area contributed by atoms with Crippen molar-refractivity contribution in [3.63, 3.8) is 0 Å². The molecule has 0 aromatic rings. The van der Waals surface area contributed by atoms with Crippen molar-refractivity contribution >= 4 is 23.5 Å². The molecule has 1 unspecified atom stereocenters. The van der Waals surface area contributed by atoms with Crippen molar-refractivity contribution in [1.82, 2.24) is 10.2 Å². The van der Waals surface area contributed by atoms with E-state index in [4.69, 9.17) is 0 Å². The third-order valence-corrected chi connectivity index (χ3v) is 4.13. The van der Waals surface area contributed by atoms with Gasteiger partial charge >= 0.3 is 0 Å². The number of hydrogen-bond acceptors (Lipinski definition) is 4. The van der Waals surface area contributed by atoms with E-state index in [1.807, 2.05) is 20.8 Å². The Morgan fingerprint density at radius 2 is 1.70 bits per heavy atom. The maximum Gasteiger partial charge on any atom is 0.233 e. The molecule has 0 radical (unpaired) electrons. The van der Waals surface area contributed by atoms with Crippen LogP contribution in [0.2, 0.25) is 0 Å². The third kappa shape index (κ3) is 5.15. The van der Waals surface area contributed by atoms with Gasteiger partial charge in [-0.3, -0.25) is 24.1 Å². The molecule has 0 aliphatic carbocycles. The monoisotopic (exact) mass is 324 g/mol. The molecule has 0 saturated carbocycles. The molecule has 130 valence electrons. The van der Waals surface area contributed by atoms with Gasteiger partial charge in [-0.05, 0) is 5.41 Å². The standard InChI is InChI=1S/C17H28N2O4/c1-16(2,3)11-9-14(22)19(15(11)23)8-7-13(21)18-10-12(20)17(4,5)6/h11H,7-10H2,1-6H3,(H,18,21). The summed E-state index contributed by atoms with van der Waals surface area (Å²) in [5.74, 6) is -1.16.